The van der Waals surface area contributed by atoms with E-state index in [9.17, 15) is 4.79 Å². The zero-order valence-corrected chi connectivity index (χ0v) is 18.2. The number of amides is 1. The Balaban J connectivity index is 0.00000529. The summed E-state index contributed by atoms with van der Waals surface area (Å²) in [6.07, 6.45) is 3.26. The molecule has 1 aliphatic carbocycles. The number of nitrogens with one attached hydrogen (secondary N) is 2. The topological polar surface area (TPSA) is 66.0 Å². The highest BCUT2D eigenvalue weighted by molar-refractivity contribution is 14.0. The van der Waals surface area contributed by atoms with Gasteiger partial charge in [-0.2, -0.15) is 0 Å². The maximum atomic E-state index is 12.2. The van der Waals surface area contributed by atoms with Crippen molar-refractivity contribution < 1.29 is 9.53 Å². The van der Waals surface area contributed by atoms with E-state index in [0.29, 0.717) is 19.6 Å². The quantitative estimate of drug-likeness (QED) is 0.336. The van der Waals surface area contributed by atoms with Crippen molar-refractivity contribution in [2.45, 2.75) is 59.5 Å². The van der Waals surface area contributed by atoms with Crippen LogP contribution in [0.25, 0.3) is 0 Å². The smallest absolute Gasteiger partial charge is 0.410 e. The number of rotatable bonds is 8. The molecule has 1 amide bonds. The van der Waals surface area contributed by atoms with Crippen LogP contribution in [0.15, 0.2) is 4.99 Å². The van der Waals surface area contributed by atoms with Crippen molar-refractivity contribution in [3.05, 3.63) is 0 Å². The van der Waals surface area contributed by atoms with Gasteiger partial charge in [-0.1, -0.05) is 6.92 Å². The molecule has 0 unspecified atom stereocenters. The third-order valence-electron chi connectivity index (χ3n) is 3.37. The van der Waals surface area contributed by atoms with Crippen molar-refractivity contribution in [2.75, 3.05) is 32.7 Å². The van der Waals surface area contributed by atoms with Gasteiger partial charge in [0.15, 0.2) is 5.96 Å². The Labute approximate surface area is 164 Å². The average molecular weight is 454 g/mol. The SMILES string of the molecule is CCCN(CCNC(=NCC1CC1)NCC)C(=O)OC(C)(C)C.I. The molecule has 1 rings (SSSR count). The van der Waals surface area contributed by atoms with E-state index in [1.54, 1.807) is 4.90 Å². The van der Waals surface area contributed by atoms with Crippen LogP contribution in [0, 0.1) is 5.92 Å². The summed E-state index contributed by atoms with van der Waals surface area (Å²) in [5, 5.41) is 6.54. The molecule has 0 aliphatic heterocycles. The van der Waals surface area contributed by atoms with Crippen molar-refractivity contribution in [1.29, 1.82) is 0 Å². The van der Waals surface area contributed by atoms with Gasteiger partial charge in [0.05, 0.1) is 0 Å². The van der Waals surface area contributed by atoms with Crippen LogP contribution < -0.4 is 10.6 Å². The number of guanidine groups is 1. The monoisotopic (exact) mass is 454 g/mol. The van der Waals surface area contributed by atoms with E-state index < -0.39 is 5.60 Å². The Morgan fingerprint density at radius 2 is 1.88 bits per heavy atom. The molecule has 0 aromatic heterocycles. The van der Waals surface area contributed by atoms with Gasteiger partial charge >= 0.3 is 6.09 Å². The van der Waals surface area contributed by atoms with Gasteiger partial charge in [0.1, 0.15) is 5.60 Å². The van der Waals surface area contributed by atoms with E-state index in [1.165, 1.54) is 12.8 Å². The molecule has 2 N–H and O–H groups in total. The number of hydrogen-bond donors (Lipinski definition) is 2. The van der Waals surface area contributed by atoms with E-state index >= 15 is 0 Å². The van der Waals surface area contributed by atoms with E-state index in [-0.39, 0.29) is 30.1 Å². The van der Waals surface area contributed by atoms with Crippen LogP contribution >= 0.6 is 24.0 Å². The number of hydrogen-bond acceptors (Lipinski definition) is 3. The molecule has 24 heavy (non-hydrogen) atoms. The van der Waals surface area contributed by atoms with Crippen molar-refractivity contribution >= 4 is 36.0 Å². The fourth-order valence-electron chi connectivity index (χ4n) is 2.06. The molecule has 1 saturated carbocycles. The first-order chi connectivity index (χ1) is 10.9. The van der Waals surface area contributed by atoms with Crippen LogP contribution in [0.3, 0.4) is 0 Å². The van der Waals surface area contributed by atoms with Gasteiger partial charge < -0.3 is 20.3 Å². The maximum Gasteiger partial charge on any atom is 0.410 e. The molecule has 1 fully saturated rings. The van der Waals surface area contributed by atoms with Gasteiger partial charge in [-0.25, -0.2) is 4.79 Å². The van der Waals surface area contributed by atoms with Crippen molar-refractivity contribution in [3.63, 3.8) is 0 Å². The summed E-state index contributed by atoms with van der Waals surface area (Å²) in [5.74, 6) is 1.60. The molecule has 0 heterocycles. The number of carbonyl (C=O) groups excluding carboxylic acids is 1. The number of ether oxygens (including phenoxy) is 1. The number of halogens is 1. The van der Waals surface area contributed by atoms with Gasteiger partial charge in [0.25, 0.3) is 0 Å². The third-order valence-corrected chi connectivity index (χ3v) is 3.37. The lowest BCUT2D eigenvalue weighted by molar-refractivity contribution is 0.0253. The summed E-state index contributed by atoms with van der Waals surface area (Å²) in [7, 11) is 0. The Morgan fingerprint density at radius 1 is 1.21 bits per heavy atom. The molecule has 1 aliphatic rings. The van der Waals surface area contributed by atoms with Crippen molar-refractivity contribution in [1.82, 2.24) is 15.5 Å². The highest BCUT2D eigenvalue weighted by Crippen LogP contribution is 2.28. The molecular formula is C17H35IN4O2. The summed E-state index contributed by atoms with van der Waals surface area (Å²) in [6, 6.07) is 0. The van der Waals surface area contributed by atoms with E-state index in [1.807, 2.05) is 20.8 Å². The molecule has 0 spiro atoms. The third kappa shape index (κ3) is 10.9. The fourth-order valence-corrected chi connectivity index (χ4v) is 2.06. The second-order valence-electron chi connectivity index (χ2n) is 7.06. The Hall–Kier alpha value is -0.730. The Bertz CT molecular complexity index is 393. The average Bonchev–Trinajstić information content (AvgIpc) is 3.26. The molecule has 7 heteroatoms. The maximum absolute atomic E-state index is 12.2. The zero-order chi connectivity index (χ0) is 17.3. The predicted octanol–water partition coefficient (Wildman–Crippen LogP) is 3.22. The fraction of sp³-hybridized carbons (Fsp3) is 0.882. The van der Waals surface area contributed by atoms with E-state index in [0.717, 1.165) is 31.4 Å². The minimum Gasteiger partial charge on any atom is -0.444 e. The van der Waals surface area contributed by atoms with Gasteiger partial charge in [0, 0.05) is 32.7 Å². The second kappa shape index (κ2) is 11.8. The summed E-state index contributed by atoms with van der Waals surface area (Å²) in [6.45, 7) is 13.5. The standard InChI is InChI=1S/C17H34N4O2.HI/c1-6-11-21(16(22)23-17(3,4)5)12-10-19-15(18-7-2)20-13-14-8-9-14;/h14H,6-13H2,1-5H3,(H2,18,19,20);1H. The van der Waals surface area contributed by atoms with Crippen LogP contribution in [0.2, 0.25) is 0 Å². The first-order valence-corrected chi connectivity index (χ1v) is 8.85. The van der Waals surface area contributed by atoms with Crippen LogP contribution in [-0.2, 0) is 4.74 Å². The van der Waals surface area contributed by atoms with Gasteiger partial charge in [-0.15, -0.1) is 24.0 Å². The predicted molar refractivity (Wildman–Crippen MR) is 110 cm³/mol. The number of carbonyl (C=O) groups is 1. The molecule has 0 atom stereocenters. The largest absolute Gasteiger partial charge is 0.444 e. The summed E-state index contributed by atoms with van der Waals surface area (Å²) < 4.78 is 5.46. The molecule has 0 bridgehead atoms. The van der Waals surface area contributed by atoms with Crippen LogP contribution in [0.5, 0.6) is 0 Å². The summed E-state index contributed by atoms with van der Waals surface area (Å²) in [4.78, 5) is 18.5. The van der Waals surface area contributed by atoms with E-state index in [4.69, 9.17) is 4.74 Å². The van der Waals surface area contributed by atoms with Gasteiger partial charge in [-0.3, -0.25) is 4.99 Å². The summed E-state index contributed by atoms with van der Waals surface area (Å²) in [5.41, 5.74) is -0.461. The minimum atomic E-state index is -0.461. The Morgan fingerprint density at radius 3 is 2.38 bits per heavy atom. The highest BCUT2D eigenvalue weighted by atomic mass is 127. The first-order valence-electron chi connectivity index (χ1n) is 8.85. The van der Waals surface area contributed by atoms with Crippen LogP contribution in [-0.4, -0.2) is 55.3 Å². The molecule has 0 aromatic carbocycles. The van der Waals surface area contributed by atoms with Crippen molar-refractivity contribution in [3.8, 4) is 0 Å². The minimum absolute atomic E-state index is 0. The lowest BCUT2D eigenvalue weighted by Gasteiger charge is -2.27. The van der Waals surface area contributed by atoms with Gasteiger partial charge in [-0.05, 0) is 52.9 Å². The highest BCUT2D eigenvalue weighted by Gasteiger charge is 2.22. The first kappa shape index (κ1) is 23.3. The van der Waals surface area contributed by atoms with E-state index in [2.05, 4.69) is 29.5 Å². The number of aliphatic imine (C=N–C) groups is 1. The van der Waals surface area contributed by atoms with Gasteiger partial charge in [0.2, 0.25) is 0 Å². The molecular weight excluding hydrogens is 419 g/mol. The van der Waals surface area contributed by atoms with Crippen LogP contribution in [0.4, 0.5) is 4.79 Å². The molecule has 0 saturated heterocycles. The molecule has 6 nitrogen and oxygen atoms in total. The zero-order valence-electron chi connectivity index (χ0n) is 15.9. The number of nitrogens with zero attached hydrogens (tertiary/aromatic N) is 2. The molecule has 0 radical (unpaired) electrons. The second-order valence-corrected chi connectivity index (χ2v) is 7.06. The lowest BCUT2D eigenvalue weighted by atomic mass is 10.2. The molecule has 0 aromatic rings. The van der Waals surface area contributed by atoms with Crippen LogP contribution in [0.1, 0.15) is 53.9 Å². The lowest BCUT2D eigenvalue weighted by Crippen LogP contribution is -2.44. The normalized spacial score (nSPS) is 14.6. The molecule has 142 valence electrons. The summed E-state index contributed by atoms with van der Waals surface area (Å²) >= 11 is 0. The Kier molecular flexibility index (Phi) is 11.4. The van der Waals surface area contributed by atoms with Crippen molar-refractivity contribution in [2.24, 2.45) is 10.9 Å².